The van der Waals surface area contributed by atoms with Crippen LogP contribution in [0.1, 0.15) is 24.3 Å². The van der Waals surface area contributed by atoms with Gasteiger partial charge in [-0.15, -0.1) is 0 Å². The molecule has 34 heavy (non-hydrogen) atoms. The number of rotatable bonds is 5. The van der Waals surface area contributed by atoms with Crippen LogP contribution in [0.5, 0.6) is 5.75 Å². The number of aliphatic carboxylic acids is 1. The second-order valence-electron chi connectivity index (χ2n) is 8.47. The van der Waals surface area contributed by atoms with Crippen LogP contribution in [0.15, 0.2) is 52.9 Å². The van der Waals surface area contributed by atoms with E-state index in [0.29, 0.717) is 22.3 Å². The number of carbonyl (C=O) groups excluding carboxylic acids is 1. The molecule has 0 unspecified atom stereocenters. The number of oxazole rings is 1. The Labute approximate surface area is 197 Å². The standard InChI is InChI=1S/C25H27N3O6/c1-16-4-6-18(7-5-16)21-20(17-8-10-19(33-3)11-9-17)26-22(34-21)25(23(29)30)12-14-28(15-13-25)24(31)27(2)32/h4-11,32H,12-15H2,1-3H3,(H,29,30). The number of likely N-dealkylation sites (tertiary alicyclic amines) is 1. The van der Waals surface area contributed by atoms with Crippen LogP contribution < -0.4 is 4.74 Å². The second kappa shape index (κ2) is 9.18. The summed E-state index contributed by atoms with van der Waals surface area (Å²) in [5.41, 5.74) is 1.78. The highest BCUT2D eigenvalue weighted by atomic mass is 16.5. The summed E-state index contributed by atoms with van der Waals surface area (Å²) in [6.45, 7) is 2.28. The molecule has 2 amide bonds. The highest BCUT2D eigenvalue weighted by Gasteiger charge is 2.49. The van der Waals surface area contributed by atoms with Crippen LogP contribution in [0.3, 0.4) is 0 Å². The molecule has 0 atom stereocenters. The molecule has 0 spiro atoms. The number of nitrogens with zero attached hydrogens (tertiary/aromatic N) is 3. The topological polar surface area (TPSA) is 116 Å². The molecule has 3 aromatic rings. The zero-order valence-electron chi connectivity index (χ0n) is 19.3. The van der Waals surface area contributed by atoms with Crippen LogP contribution >= 0.6 is 0 Å². The first-order valence-electron chi connectivity index (χ1n) is 10.9. The number of amides is 2. The first kappa shape index (κ1) is 23.3. The van der Waals surface area contributed by atoms with Gasteiger partial charge in [0, 0.05) is 31.3 Å². The molecule has 9 heteroatoms. The minimum Gasteiger partial charge on any atom is -0.497 e. The van der Waals surface area contributed by atoms with Gasteiger partial charge in [0.05, 0.1) is 7.11 Å². The fraction of sp³-hybridized carbons (Fsp3) is 0.320. The minimum atomic E-state index is -1.39. The van der Waals surface area contributed by atoms with Crippen molar-refractivity contribution in [1.29, 1.82) is 0 Å². The summed E-state index contributed by atoms with van der Waals surface area (Å²) in [5.74, 6) is 0.215. The third-order valence-electron chi connectivity index (χ3n) is 6.29. The summed E-state index contributed by atoms with van der Waals surface area (Å²) in [5, 5.41) is 20.2. The Balaban J connectivity index is 1.78. The fourth-order valence-corrected chi connectivity index (χ4v) is 4.17. The Morgan fingerprint density at radius 2 is 1.65 bits per heavy atom. The molecule has 2 aromatic carbocycles. The average Bonchev–Trinajstić information content (AvgIpc) is 3.30. The van der Waals surface area contributed by atoms with Gasteiger partial charge in [-0.25, -0.2) is 14.8 Å². The van der Waals surface area contributed by atoms with Crippen LogP contribution in [-0.2, 0) is 10.2 Å². The van der Waals surface area contributed by atoms with Gasteiger partial charge in [0.2, 0.25) is 5.89 Å². The molecule has 1 fully saturated rings. The monoisotopic (exact) mass is 465 g/mol. The van der Waals surface area contributed by atoms with E-state index in [-0.39, 0.29) is 31.8 Å². The summed E-state index contributed by atoms with van der Waals surface area (Å²) in [7, 11) is 2.83. The number of carboxylic acid groups (broad SMARTS) is 1. The molecule has 9 nitrogen and oxygen atoms in total. The number of benzene rings is 2. The predicted octanol–water partition coefficient (Wildman–Crippen LogP) is 4.18. The molecular formula is C25H27N3O6. The fourth-order valence-electron chi connectivity index (χ4n) is 4.17. The highest BCUT2D eigenvalue weighted by molar-refractivity contribution is 5.83. The number of aromatic nitrogens is 1. The Kier molecular flexibility index (Phi) is 6.30. The molecule has 0 bridgehead atoms. The normalized spacial score (nSPS) is 15.1. The van der Waals surface area contributed by atoms with Gasteiger partial charge in [-0.2, -0.15) is 0 Å². The lowest BCUT2D eigenvalue weighted by molar-refractivity contribution is -0.147. The first-order chi connectivity index (χ1) is 16.2. The Hall–Kier alpha value is -3.85. The summed E-state index contributed by atoms with van der Waals surface area (Å²) < 4.78 is 11.5. The molecule has 1 saturated heterocycles. The number of hydrogen-bond acceptors (Lipinski definition) is 6. The van der Waals surface area contributed by atoms with Crippen LogP contribution in [0.2, 0.25) is 0 Å². The Morgan fingerprint density at radius 1 is 1.06 bits per heavy atom. The van der Waals surface area contributed by atoms with Gasteiger partial charge >= 0.3 is 12.0 Å². The lowest BCUT2D eigenvalue weighted by Gasteiger charge is -2.37. The van der Waals surface area contributed by atoms with Crippen LogP contribution in [0.25, 0.3) is 22.6 Å². The van der Waals surface area contributed by atoms with Gasteiger partial charge in [-0.1, -0.05) is 29.8 Å². The molecule has 0 radical (unpaired) electrons. The number of hydroxylamine groups is 2. The van der Waals surface area contributed by atoms with E-state index in [1.165, 1.54) is 11.9 Å². The van der Waals surface area contributed by atoms with Gasteiger partial charge < -0.3 is 19.2 Å². The Morgan fingerprint density at radius 3 is 2.18 bits per heavy atom. The van der Waals surface area contributed by atoms with Crippen molar-refractivity contribution in [3.63, 3.8) is 0 Å². The van der Waals surface area contributed by atoms with Crippen molar-refractivity contribution in [2.24, 2.45) is 0 Å². The largest absolute Gasteiger partial charge is 0.497 e. The summed E-state index contributed by atoms with van der Waals surface area (Å²) in [6, 6.07) is 14.5. The maximum Gasteiger partial charge on any atom is 0.343 e. The van der Waals surface area contributed by atoms with Crippen molar-refractivity contribution in [3.05, 3.63) is 60.0 Å². The molecule has 1 aliphatic rings. The van der Waals surface area contributed by atoms with Crippen molar-refractivity contribution >= 4 is 12.0 Å². The van der Waals surface area contributed by atoms with E-state index in [1.54, 1.807) is 7.11 Å². The number of hydrogen-bond donors (Lipinski definition) is 2. The third-order valence-corrected chi connectivity index (χ3v) is 6.29. The van der Waals surface area contributed by atoms with Crippen LogP contribution in [0.4, 0.5) is 4.79 Å². The van der Waals surface area contributed by atoms with Gasteiger partial charge in [0.15, 0.2) is 5.76 Å². The average molecular weight is 466 g/mol. The molecule has 178 valence electrons. The van der Waals surface area contributed by atoms with E-state index in [1.807, 2.05) is 55.5 Å². The van der Waals surface area contributed by atoms with Crippen molar-refractivity contribution in [2.75, 3.05) is 27.2 Å². The predicted molar refractivity (Wildman–Crippen MR) is 124 cm³/mol. The van der Waals surface area contributed by atoms with E-state index < -0.39 is 17.4 Å². The molecule has 0 aliphatic carbocycles. The van der Waals surface area contributed by atoms with E-state index in [9.17, 15) is 19.9 Å². The molecule has 1 aliphatic heterocycles. The first-order valence-corrected chi connectivity index (χ1v) is 10.9. The van der Waals surface area contributed by atoms with Gasteiger partial charge in [0.1, 0.15) is 16.9 Å². The highest BCUT2D eigenvalue weighted by Crippen LogP contribution is 2.41. The van der Waals surface area contributed by atoms with Gasteiger partial charge in [-0.3, -0.25) is 10.0 Å². The number of piperidine rings is 1. The second-order valence-corrected chi connectivity index (χ2v) is 8.47. The van der Waals surface area contributed by atoms with Crippen LogP contribution in [0, 0.1) is 6.92 Å². The van der Waals surface area contributed by atoms with E-state index in [4.69, 9.17) is 14.1 Å². The SMILES string of the molecule is COc1ccc(-c2nc(C3(C(=O)O)CCN(C(=O)N(C)O)CC3)oc2-c2ccc(C)cc2)cc1. The summed E-state index contributed by atoms with van der Waals surface area (Å²) >= 11 is 0. The molecule has 4 rings (SSSR count). The van der Waals surface area contributed by atoms with Crippen molar-refractivity contribution < 1.29 is 29.1 Å². The summed E-state index contributed by atoms with van der Waals surface area (Å²) in [4.78, 5) is 30.8. The maximum atomic E-state index is 12.5. The molecule has 1 aromatic heterocycles. The quantitative estimate of drug-likeness (QED) is 0.429. The molecule has 0 saturated carbocycles. The molecule has 2 heterocycles. The van der Waals surface area contributed by atoms with Gasteiger partial charge in [-0.05, 0) is 44.0 Å². The minimum absolute atomic E-state index is 0.103. The van der Waals surface area contributed by atoms with Crippen molar-refractivity contribution in [1.82, 2.24) is 14.9 Å². The van der Waals surface area contributed by atoms with E-state index in [0.717, 1.165) is 16.7 Å². The number of urea groups is 1. The zero-order valence-corrected chi connectivity index (χ0v) is 19.3. The van der Waals surface area contributed by atoms with Crippen LogP contribution in [-0.4, -0.2) is 64.5 Å². The number of carboxylic acids is 1. The number of ether oxygens (including phenoxy) is 1. The number of methoxy groups -OCH3 is 1. The molecular weight excluding hydrogens is 438 g/mol. The van der Waals surface area contributed by atoms with Gasteiger partial charge in [0.25, 0.3) is 0 Å². The van der Waals surface area contributed by atoms with E-state index in [2.05, 4.69) is 0 Å². The summed E-state index contributed by atoms with van der Waals surface area (Å²) in [6.07, 6.45) is 0.218. The molecule has 2 N–H and O–H groups in total. The zero-order chi connectivity index (χ0) is 24.5. The third kappa shape index (κ3) is 4.22. The van der Waals surface area contributed by atoms with Crippen molar-refractivity contribution in [2.45, 2.75) is 25.2 Å². The lowest BCUT2D eigenvalue weighted by atomic mass is 9.78. The maximum absolute atomic E-state index is 12.5. The van der Waals surface area contributed by atoms with Crippen molar-refractivity contribution in [3.8, 4) is 28.3 Å². The van der Waals surface area contributed by atoms with E-state index >= 15 is 0 Å². The smallest absolute Gasteiger partial charge is 0.343 e. The lowest BCUT2D eigenvalue weighted by Crippen LogP contribution is -2.51. The Bertz CT molecular complexity index is 1180. The number of aryl methyl sites for hydroxylation is 1. The number of carbonyl (C=O) groups is 2.